The molecule has 0 amide bonds. The average molecular weight is 353 g/mol. The average Bonchev–Trinajstić information content (AvgIpc) is 3.06. The molecular weight excluding hydrogens is 330 g/mol. The van der Waals surface area contributed by atoms with Gasteiger partial charge in [0.15, 0.2) is 17.5 Å². The van der Waals surface area contributed by atoms with Crippen molar-refractivity contribution in [3.63, 3.8) is 0 Å². The maximum absolute atomic E-state index is 4.72. The third-order valence-electron chi connectivity index (χ3n) is 3.95. The number of aromatic nitrogens is 3. The molecule has 1 heterocycles. The Bertz CT molecular complexity index is 898. The lowest BCUT2D eigenvalue weighted by Gasteiger charge is -2.08. The number of allylic oxidation sites excluding steroid dienone is 6. The number of hydrogen-bond donors (Lipinski definition) is 0. The lowest BCUT2D eigenvalue weighted by molar-refractivity contribution is 1.04. The molecule has 1 aromatic heterocycles. The van der Waals surface area contributed by atoms with Gasteiger partial charge in [0.2, 0.25) is 0 Å². The second-order valence-electron chi connectivity index (χ2n) is 5.72. The highest BCUT2D eigenvalue weighted by molar-refractivity contribution is 5.73. The Kier molecular flexibility index (Phi) is 6.42. The van der Waals surface area contributed by atoms with Gasteiger partial charge in [0.25, 0.3) is 0 Å². The van der Waals surface area contributed by atoms with Crippen LogP contribution in [0.5, 0.6) is 0 Å². The Morgan fingerprint density at radius 3 is 1.70 bits per heavy atom. The Morgan fingerprint density at radius 2 is 1.15 bits per heavy atom. The highest BCUT2D eigenvalue weighted by Gasteiger charge is 2.12. The minimum absolute atomic E-state index is 0.691. The summed E-state index contributed by atoms with van der Waals surface area (Å²) in [6.07, 6.45) is 11.2. The zero-order valence-electron chi connectivity index (χ0n) is 15.7. The van der Waals surface area contributed by atoms with E-state index >= 15 is 0 Å². The highest BCUT2D eigenvalue weighted by Crippen LogP contribution is 2.23. The van der Waals surface area contributed by atoms with Gasteiger partial charge in [0.05, 0.1) is 0 Å². The van der Waals surface area contributed by atoms with Crippen molar-refractivity contribution in [3.05, 3.63) is 96.9 Å². The zero-order chi connectivity index (χ0) is 18.9. The number of nitrogens with zero attached hydrogens (tertiary/aromatic N) is 3. The minimum Gasteiger partial charge on any atom is -0.208 e. The van der Waals surface area contributed by atoms with E-state index in [2.05, 4.69) is 12.2 Å². The molecule has 1 aliphatic rings. The van der Waals surface area contributed by atoms with Crippen molar-refractivity contribution in [2.75, 3.05) is 0 Å². The monoisotopic (exact) mass is 353 g/mol. The fraction of sp³-hybridized carbons (Fsp3) is 0.125. The quantitative estimate of drug-likeness (QED) is 0.568. The molecule has 4 rings (SSSR count). The maximum Gasteiger partial charge on any atom is 0.164 e. The van der Waals surface area contributed by atoms with Crippen LogP contribution < -0.4 is 0 Å². The molecule has 0 saturated carbocycles. The molecule has 134 valence electrons. The van der Waals surface area contributed by atoms with Gasteiger partial charge in [-0.1, -0.05) is 105 Å². The van der Waals surface area contributed by atoms with E-state index in [0.717, 1.165) is 23.1 Å². The molecule has 3 nitrogen and oxygen atoms in total. The number of hydrogen-bond acceptors (Lipinski definition) is 3. The highest BCUT2D eigenvalue weighted by atomic mass is 15.0. The molecule has 3 heteroatoms. The molecule has 0 aliphatic heterocycles. The first-order chi connectivity index (χ1) is 13.4. The van der Waals surface area contributed by atoms with Gasteiger partial charge in [-0.25, -0.2) is 15.0 Å². The minimum atomic E-state index is 0.691. The lowest BCUT2D eigenvalue weighted by atomic mass is 10.1. The van der Waals surface area contributed by atoms with Gasteiger partial charge >= 0.3 is 0 Å². The summed E-state index contributed by atoms with van der Waals surface area (Å²) in [5.74, 6) is 2.08. The molecule has 1 aliphatic carbocycles. The van der Waals surface area contributed by atoms with Crippen molar-refractivity contribution in [2.24, 2.45) is 0 Å². The molecule has 0 atom stereocenters. The van der Waals surface area contributed by atoms with Crippen LogP contribution in [0.1, 0.15) is 26.1 Å². The van der Waals surface area contributed by atoms with Gasteiger partial charge in [0, 0.05) is 16.7 Å². The topological polar surface area (TPSA) is 38.7 Å². The normalized spacial score (nSPS) is 12.6. The summed E-state index contributed by atoms with van der Waals surface area (Å²) < 4.78 is 0. The van der Waals surface area contributed by atoms with Crippen molar-refractivity contribution in [2.45, 2.75) is 20.3 Å². The first kappa shape index (κ1) is 18.5. The zero-order valence-corrected chi connectivity index (χ0v) is 15.7. The van der Waals surface area contributed by atoms with E-state index in [-0.39, 0.29) is 0 Å². The Balaban J connectivity index is 0.00000102. The first-order valence-electron chi connectivity index (χ1n) is 9.31. The molecule has 0 saturated heterocycles. The summed E-state index contributed by atoms with van der Waals surface area (Å²) in [6.45, 7) is 4.00. The third kappa shape index (κ3) is 4.64. The van der Waals surface area contributed by atoms with Crippen LogP contribution in [-0.2, 0) is 0 Å². The predicted octanol–water partition coefficient (Wildman–Crippen LogP) is 6.13. The summed E-state index contributed by atoms with van der Waals surface area (Å²) in [6, 6.07) is 20.0. The Labute approximate surface area is 160 Å². The van der Waals surface area contributed by atoms with Crippen LogP contribution in [0.2, 0.25) is 0 Å². The van der Waals surface area contributed by atoms with Crippen molar-refractivity contribution in [3.8, 4) is 22.8 Å². The van der Waals surface area contributed by atoms with Gasteiger partial charge in [-0.15, -0.1) is 0 Å². The molecule has 3 aromatic rings. The number of benzene rings is 2. The second-order valence-corrected chi connectivity index (χ2v) is 5.72. The Hall–Kier alpha value is -3.33. The molecule has 0 fully saturated rings. The van der Waals surface area contributed by atoms with Gasteiger partial charge < -0.3 is 0 Å². The van der Waals surface area contributed by atoms with Crippen molar-refractivity contribution < 1.29 is 0 Å². The van der Waals surface area contributed by atoms with E-state index in [0.29, 0.717) is 17.5 Å². The van der Waals surface area contributed by atoms with Gasteiger partial charge in [-0.05, 0) is 6.42 Å². The van der Waals surface area contributed by atoms with Crippen LogP contribution in [0, 0.1) is 0 Å². The van der Waals surface area contributed by atoms with Crippen molar-refractivity contribution in [1.82, 2.24) is 15.0 Å². The molecular formula is C24H23N3. The standard InChI is InChI=1S/C22H17N3.C2H6/c1-2-6-12-17(11-5-1)20-23-21(18-13-7-3-8-14-18)25-22(24-20)19-15-9-4-10-16-19;1-2/h1-5,7-16H,6H2;1-2H3. The lowest BCUT2D eigenvalue weighted by Crippen LogP contribution is -2.02. The summed E-state index contributed by atoms with van der Waals surface area (Å²) in [5.41, 5.74) is 2.99. The van der Waals surface area contributed by atoms with E-state index in [1.807, 2.05) is 92.7 Å². The van der Waals surface area contributed by atoms with Crippen LogP contribution in [0.25, 0.3) is 28.3 Å². The molecule has 2 aromatic carbocycles. The summed E-state index contributed by atoms with van der Waals surface area (Å²) in [5, 5.41) is 0. The van der Waals surface area contributed by atoms with Crippen molar-refractivity contribution in [1.29, 1.82) is 0 Å². The second kappa shape index (κ2) is 9.39. The fourth-order valence-corrected chi connectivity index (χ4v) is 2.68. The van der Waals surface area contributed by atoms with Crippen LogP contribution in [0.4, 0.5) is 0 Å². The summed E-state index contributed by atoms with van der Waals surface area (Å²) in [7, 11) is 0. The third-order valence-corrected chi connectivity index (χ3v) is 3.95. The molecule has 0 unspecified atom stereocenters. The van der Waals surface area contributed by atoms with Gasteiger partial charge in [0.1, 0.15) is 0 Å². The van der Waals surface area contributed by atoms with Gasteiger partial charge in [-0.3, -0.25) is 0 Å². The smallest absolute Gasteiger partial charge is 0.164 e. The van der Waals surface area contributed by atoms with E-state index < -0.39 is 0 Å². The van der Waals surface area contributed by atoms with Crippen LogP contribution in [-0.4, -0.2) is 15.0 Å². The molecule has 27 heavy (non-hydrogen) atoms. The Morgan fingerprint density at radius 1 is 0.630 bits per heavy atom. The van der Waals surface area contributed by atoms with Crippen molar-refractivity contribution >= 4 is 5.57 Å². The molecule has 0 radical (unpaired) electrons. The SMILES string of the molecule is C1=CCC=C(c2nc(-c3ccccc3)nc(-c3ccccc3)n2)C=C1.CC. The molecule has 0 N–H and O–H groups in total. The fourth-order valence-electron chi connectivity index (χ4n) is 2.68. The summed E-state index contributed by atoms with van der Waals surface area (Å²) in [4.78, 5) is 14.2. The van der Waals surface area contributed by atoms with E-state index in [1.165, 1.54) is 0 Å². The predicted molar refractivity (Wildman–Crippen MR) is 113 cm³/mol. The molecule has 0 bridgehead atoms. The molecule has 0 spiro atoms. The van der Waals surface area contributed by atoms with Crippen LogP contribution in [0.15, 0.2) is 91.0 Å². The van der Waals surface area contributed by atoms with E-state index in [9.17, 15) is 0 Å². The van der Waals surface area contributed by atoms with Crippen LogP contribution in [0.3, 0.4) is 0 Å². The van der Waals surface area contributed by atoms with E-state index in [4.69, 9.17) is 15.0 Å². The first-order valence-corrected chi connectivity index (χ1v) is 9.31. The maximum atomic E-state index is 4.72. The van der Waals surface area contributed by atoms with Gasteiger partial charge in [-0.2, -0.15) is 0 Å². The largest absolute Gasteiger partial charge is 0.208 e. The summed E-state index contributed by atoms with van der Waals surface area (Å²) >= 11 is 0. The van der Waals surface area contributed by atoms with E-state index in [1.54, 1.807) is 0 Å². The number of rotatable bonds is 3. The van der Waals surface area contributed by atoms with Crippen LogP contribution >= 0.6 is 0 Å².